The fraction of sp³-hybridized carbons (Fsp3) is 0.609. The van der Waals surface area contributed by atoms with Crippen molar-refractivity contribution in [3.05, 3.63) is 76.4 Å². The zero-order chi connectivity index (χ0) is 47.8. The number of carbonyl (C=O) groups excluding carboxylic acids is 4. The Morgan fingerprint density at radius 1 is 0.909 bits per heavy atom. The van der Waals surface area contributed by atoms with E-state index in [4.69, 9.17) is 14.2 Å². The first-order chi connectivity index (χ1) is 31.5. The number of aryl methyl sites for hydroxylation is 1. The van der Waals surface area contributed by atoms with E-state index in [0.717, 1.165) is 25.0 Å². The number of nitrogens with zero attached hydrogens (tertiary/aromatic N) is 4. The number of sulfonamides is 1. The molecule has 2 saturated heterocycles. The Kier molecular flexibility index (Phi) is 20.2. The highest BCUT2D eigenvalue weighted by Crippen LogP contribution is 2.33. The van der Waals surface area contributed by atoms with Crippen molar-refractivity contribution in [3.63, 3.8) is 0 Å². The molecule has 4 atom stereocenters. The lowest BCUT2D eigenvalue weighted by Gasteiger charge is -2.25. The summed E-state index contributed by atoms with van der Waals surface area (Å²) in [5.74, 6) is -0.411. The van der Waals surface area contributed by atoms with Gasteiger partial charge in [-0.25, -0.2) is 27.0 Å². The van der Waals surface area contributed by atoms with Crippen LogP contribution < -0.4 is 20.7 Å². The number of nitrogens with one attached hydrogen (secondary N) is 4. The van der Waals surface area contributed by atoms with Gasteiger partial charge in [-0.2, -0.15) is 11.8 Å². The average Bonchev–Trinajstić information content (AvgIpc) is 4.00. The van der Waals surface area contributed by atoms with Crippen molar-refractivity contribution in [3.8, 4) is 0 Å². The van der Waals surface area contributed by atoms with Crippen LogP contribution >= 0.6 is 11.8 Å². The summed E-state index contributed by atoms with van der Waals surface area (Å²) in [5, 5.41) is 17.6. The maximum Gasteiger partial charge on any atom is 0.315 e. The maximum absolute atomic E-state index is 14.4. The summed E-state index contributed by atoms with van der Waals surface area (Å²) in [6.45, 7) is 12.8. The molecule has 66 heavy (non-hydrogen) atoms. The first kappa shape index (κ1) is 52.3. The number of fused-ring (bicyclic) bond motifs is 1. The molecule has 5 amide bonds. The molecule has 0 bridgehead atoms. The number of aromatic nitrogens is 3. The van der Waals surface area contributed by atoms with E-state index in [2.05, 4.69) is 31.0 Å². The number of carbonyl (C=O) groups is 4. The van der Waals surface area contributed by atoms with Gasteiger partial charge >= 0.3 is 6.03 Å². The summed E-state index contributed by atoms with van der Waals surface area (Å²) in [6.07, 6.45) is 5.37. The van der Waals surface area contributed by atoms with Crippen molar-refractivity contribution < 1.29 is 46.2 Å². The molecule has 3 aromatic rings. The third-order valence-corrected chi connectivity index (χ3v) is 14.7. The fourth-order valence-electron chi connectivity index (χ4n) is 7.98. The summed E-state index contributed by atoms with van der Waals surface area (Å²) in [4.78, 5) is 51.4. The average molecular weight is 959 g/mol. The van der Waals surface area contributed by atoms with E-state index in [1.807, 2.05) is 46.4 Å². The fourth-order valence-corrected chi connectivity index (χ4v) is 10.5. The Balaban J connectivity index is 0.892. The van der Waals surface area contributed by atoms with Gasteiger partial charge in [-0.05, 0) is 78.1 Å². The molecule has 17 nitrogen and oxygen atoms in total. The Hall–Kier alpha value is -4.63. The Morgan fingerprint density at radius 3 is 2.23 bits per heavy atom. The molecular weight excluding hydrogens is 892 g/mol. The van der Waals surface area contributed by atoms with E-state index in [-0.39, 0.29) is 65.5 Å². The van der Waals surface area contributed by atoms with Crippen LogP contribution in [0.25, 0.3) is 0 Å². The summed E-state index contributed by atoms with van der Waals surface area (Å²) in [6, 6.07) is 8.83. The normalized spacial score (nSPS) is 17.4. The third-order valence-electron chi connectivity index (χ3n) is 11.8. The lowest BCUT2D eigenvalue weighted by molar-refractivity contribution is -0.131. The predicted octanol–water partition coefficient (Wildman–Crippen LogP) is 4.76. The van der Waals surface area contributed by atoms with Crippen LogP contribution in [0.1, 0.15) is 113 Å². The van der Waals surface area contributed by atoms with Crippen molar-refractivity contribution in [2.45, 2.75) is 126 Å². The van der Waals surface area contributed by atoms with Gasteiger partial charge in [0.2, 0.25) is 17.7 Å². The first-order valence-corrected chi connectivity index (χ1v) is 25.4. The quantitative estimate of drug-likeness (QED) is 0.0574. The van der Waals surface area contributed by atoms with Gasteiger partial charge in [0.05, 0.1) is 81.3 Å². The molecule has 2 fully saturated rings. The highest BCUT2D eigenvalue weighted by molar-refractivity contribution is 8.00. The van der Waals surface area contributed by atoms with Gasteiger partial charge in [0, 0.05) is 50.1 Å². The van der Waals surface area contributed by atoms with E-state index in [1.54, 1.807) is 35.0 Å². The van der Waals surface area contributed by atoms with Gasteiger partial charge < -0.3 is 35.1 Å². The van der Waals surface area contributed by atoms with Crippen molar-refractivity contribution in [1.82, 2.24) is 40.6 Å². The molecule has 2 aromatic carbocycles. The molecule has 2 aliphatic rings. The van der Waals surface area contributed by atoms with Crippen molar-refractivity contribution in [2.75, 3.05) is 59.0 Å². The van der Waals surface area contributed by atoms with Gasteiger partial charge in [-0.15, -0.1) is 5.10 Å². The lowest BCUT2D eigenvalue weighted by atomic mass is 9.87. The minimum atomic E-state index is -4.20. The van der Waals surface area contributed by atoms with Crippen LogP contribution in [-0.4, -0.2) is 128 Å². The predicted molar refractivity (Wildman–Crippen MR) is 249 cm³/mol. The molecule has 0 unspecified atom stereocenters. The second-order valence-electron chi connectivity index (χ2n) is 17.4. The van der Waals surface area contributed by atoms with E-state index < -0.39 is 21.7 Å². The van der Waals surface area contributed by atoms with Crippen LogP contribution in [0.3, 0.4) is 0 Å². The zero-order valence-corrected chi connectivity index (χ0v) is 40.6. The molecule has 0 radical (unpaired) electrons. The topological polar surface area (TPSA) is 212 Å². The molecule has 4 N–H and O–H groups in total. The minimum Gasteiger partial charge on any atom is -0.377 e. The second kappa shape index (κ2) is 25.5. The third kappa shape index (κ3) is 15.7. The number of halogens is 1. The summed E-state index contributed by atoms with van der Waals surface area (Å²) < 4.78 is 61.4. The number of thioether (sulfide) groups is 1. The van der Waals surface area contributed by atoms with Crippen LogP contribution in [-0.2, 0) is 58.0 Å². The Labute approximate surface area is 392 Å². The number of urea groups is 1. The van der Waals surface area contributed by atoms with Crippen LogP contribution in [0, 0.1) is 5.82 Å². The van der Waals surface area contributed by atoms with Crippen LogP contribution in [0.5, 0.6) is 0 Å². The zero-order valence-electron chi connectivity index (χ0n) is 39.0. The van der Waals surface area contributed by atoms with E-state index in [1.165, 1.54) is 24.3 Å². The van der Waals surface area contributed by atoms with Crippen LogP contribution in [0.2, 0.25) is 0 Å². The monoisotopic (exact) mass is 958 g/mol. The molecular formula is C46H67FN8O9S2. The number of hydrogen-bond donors (Lipinski definition) is 4. The number of ether oxygens (including phenoxy) is 3. The molecule has 364 valence electrons. The van der Waals surface area contributed by atoms with Gasteiger partial charge in [-0.3, -0.25) is 14.4 Å². The molecule has 5 rings (SSSR count). The molecule has 0 saturated carbocycles. The number of rotatable bonds is 28. The first-order valence-electron chi connectivity index (χ1n) is 22.8. The van der Waals surface area contributed by atoms with E-state index >= 15 is 0 Å². The molecule has 3 heterocycles. The molecule has 1 aromatic heterocycles. The molecule has 2 aliphatic heterocycles. The van der Waals surface area contributed by atoms with Crippen LogP contribution in [0.4, 0.5) is 9.18 Å². The van der Waals surface area contributed by atoms with E-state index in [0.29, 0.717) is 98.8 Å². The Bertz CT molecular complexity index is 2160. The van der Waals surface area contributed by atoms with Crippen molar-refractivity contribution >= 4 is 45.5 Å². The van der Waals surface area contributed by atoms with Crippen molar-refractivity contribution in [1.29, 1.82) is 0 Å². The molecule has 0 spiro atoms. The number of hydrogen-bond acceptors (Lipinski definition) is 12. The lowest BCUT2D eigenvalue weighted by Crippen LogP contribution is -2.36. The summed E-state index contributed by atoms with van der Waals surface area (Å²) in [7, 11) is -2.51. The number of unbranched alkanes of at least 4 members (excludes halogenated alkanes) is 1. The standard InChI is InChI=1S/C46H67FN8O9S2/c1-30(2)37-25-34(47)26-38(31(3)4)39(37)27-43(57)52-66(60,61)36-14-11-33(12-15-36)32(5)54(6)44(58)16-13-35-28-55(53-51-35)18-20-63-22-24-64-23-21-62-19-17-48-42(56)10-8-7-9-41-45-40(29-65-41)49-46(59)50-45/h11-12,14-15,25-26,28,30-32,40-41,45H,7-10,13,16-24,27,29H2,1-6H3,(H,48,56)(H,52,57)(H2,49,50,59)/t32-,40+,41+,45+/m1/s1. The summed E-state index contributed by atoms with van der Waals surface area (Å²) in [5.41, 5.74) is 3.35. The summed E-state index contributed by atoms with van der Waals surface area (Å²) >= 11 is 1.89. The maximum atomic E-state index is 14.4. The SMILES string of the molecule is CC(C)c1cc(F)cc(C(C)C)c1CC(=O)NS(=O)(=O)c1ccc([C@@H](C)N(C)C(=O)CCc2cn(CCOCCOCCOCCNC(=O)CCCC[C@@H]3SC[C@@H]4NC(=O)N[C@@H]43)nn2)cc1. The smallest absolute Gasteiger partial charge is 0.315 e. The highest BCUT2D eigenvalue weighted by Gasteiger charge is 2.42. The van der Waals surface area contributed by atoms with E-state index in [9.17, 15) is 32.0 Å². The highest BCUT2D eigenvalue weighted by atomic mass is 32.2. The Morgan fingerprint density at radius 2 is 1.56 bits per heavy atom. The van der Waals surface area contributed by atoms with Crippen LogP contribution in [0.15, 0.2) is 47.5 Å². The van der Waals surface area contributed by atoms with Gasteiger partial charge in [0.15, 0.2) is 0 Å². The molecule has 20 heteroatoms. The van der Waals surface area contributed by atoms with Gasteiger partial charge in [0.1, 0.15) is 5.82 Å². The number of amides is 5. The van der Waals surface area contributed by atoms with Gasteiger partial charge in [-0.1, -0.05) is 51.5 Å². The van der Waals surface area contributed by atoms with Gasteiger partial charge in [0.25, 0.3) is 10.0 Å². The molecule has 0 aliphatic carbocycles. The minimum absolute atomic E-state index is 0.0138. The number of benzene rings is 2. The largest absolute Gasteiger partial charge is 0.377 e. The second-order valence-corrected chi connectivity index (χ2v) is 20.3. The van der Waals surface area contributed by atoms with Crippen molar-refractivity contribution in [2.24, 2.45) is 0 Å².